The zero-order valence-corrected chi connectivity index (χ0v) is 17.5. The average molecular weight is 417 g/mol. The van der Waals surface area contributed by atoms with Gasteiger partial charge in [-0.25, -0.2) is 4.79 Å². The highest BCUT2D eigenvalue weighted by molar-refractivity contribution is 6.30. The number of hydrogen-bond donors (Lipinski definition) is 2. The highest BCUT2D eigenvalue weighted by Crippen LogP contribution is 2.27. The normalized spacial score (nSPS) is 13.8. The molecule has 2 aromatic carbocycles. The molecule has 0 unspecified atom stereocenters. The van der Waals surface area contributed by atoms with Crippen LogP contribution in [0.1, 0.15) is 15.9 Å². The molecule has 0 radical (unpaired) electrons. The van der Waals surface area contributed by atoms with Crippen LogP contribution in [0.3, 0.4) is 0 Å². The van der Waals surface area contributed by atoms with Crippen LogP contribution in [0.4, 0.5) is 16.2 Å². The molecule has 0 saturated carbocycles. The van der Waals surface area contributed by atoms with Gasteiger partial charge in [-0.15, -0.1) is 0 Å². The molecular weight excluding hydrogens is 392 g/mol. The Kier molecular flexibility index (Phi) is 6.49. The predicted octanol–water partition coefficient (Wildman–Crippen LogP) is 3.37. The Hall–Kier alpha value is -2.93. The summed E-state index contributed by atoms with van der Waals surface area (Å²) in [6.07, 6.45) is 0. The summed E-state index contributed by atoms with van der Waals surface area (Å²) < 4.78 is 5.32. The number of halogens is 1. The molecule has 1 aliphatic heterocycles. The van der Waals surface area contributed by atoms with E-state index in [1.807, 2.05) is 18.2 Å². The van der Waals surface area contributed by atoms with Crippen LogP contribution in [0.15, 0.2) is 36.4 Å². The van der Waals surface area contributed by atoms with Crippen molar-refractivity contribution in [2.75, 3.05) is 50.6 Å². The number of nitrogens with zero attached hydrogens (tertiary/aromatic N) is 2. The average Bonchev–Trinajstić information content (AvgIpc) is 2.75. The SMILES string of the molecule is CNC(=O)c1ccc(OC)c(NC(=O)N2CCN(c3cc(Cl)ccc3C)CC2)c1. The van der Waals surface area contributed by atoms with Crippen molar-refractivity contribution in [3.63, 3.8) is 0 Å². The highest BCUT2D eigenvalue weighted by atomic mass is 35.5. The number of ether oxygens (including phenoxy) is 1. The number of rotatable bonds is 4. The second-order valence-electron chi connectivity index (χ2n) is 6.83. The van der Waals surface area contributed by atoms with Gasteiger partial charge in [0.15, 0.2) is 0 Å². The Labute approximate surface area is 175 Å². The molecule has 29 heavy (non-hydrogen) atoms. The van der Waals surface area contributed by atoms with Crippen molar-refractivity contribution in [2.45, 2.75) is 6.92 Å². The third kappa shape index (κ3) is 4.74. The van der Waals surface area contributed by atoms with Gasteiger partial charge in [0, 0.05) is 49.5 Å². The third-order valence-corrected chi connectivity index (χ3v) is 5.24. The largest absolute Gasteiger partial charge is 0.495 e. The zero-order valence-electron chi connectivity index (χ0n) is 16.8. The van der Waals surface area contributed by atoms with Crippen molar-refractivity contribution in [3.8, 4) is 5.75 Å². The number of methoxy groups -OCH3 is 1. The number of aryl methyl sites for hydroxylation is 1. The van der Waals surface area contributed by atoms with Crippen LogP contribution in [-0.4, -0.2) is 57.2 Å². The number of carbonyl (C=O) groups excluding carboxylic acids is 2. The lowest BCUT2D eigenvalue weighted by Crippen LogP contribution is -2.50. The van der Waals surface area contributed by atoms with E-state index < -0.39 is 0 Å². The Balaban J connectivity index is 1.67. The lowest BCUT2D eigenvalue weighted by atomic mass is 10.1. The van der Waals surface area contributed by atoms with Crippen LogP contribution in [0.2, 0.25) is 5.02 Å². The van der Waals surface area contributed by atoms with Crippen molar-refractivity contribution in [2.24, 2.45) is 0 Å². The Morgan fingerprint density at radius 2 is 1.79 bits per heavy atom. The molecular formula is C21H25ClN4O3. The van der Waals surface area contributed by atoms with E-state index in [0.717, 1.165) is 11.3 Å². The summed E-state index contributed by atoms with van der Waals surface area (Å²) in [5, 5.41) is 6.14. The minimum absolute atomic E-state index is 0.222. The van der Waals surface area contributed by atoms with Crippen LogP contribution >= 0.6 is 11.6 Å². The number of amides is 3. The number of urea groups is 1. The summed E-state index contributed by atoms with van der Waals surface area (Å²) in [4.78, 5) is 28.6. The van der Waals surface area contributed by atoms with Gasteiger partial charge < -0.3 is 25.2 Å². The van der Waals surface area contributed by atoms with Crippen molar-refractivity contribution in [1.29, 1.82) is 0 Å². The van der Waals surface area contributed by atoms with E-state index >= 15 is 0 Å². The summed E-state index contributed by atoms with van der Waals surface area (Å²) in [7, 11) is 3.09. The van der Waals surface area contributed by atoms with Gasteiger partial charge in [0.05, 0.1) is 12.8 Å². The number of carbonyl (C=O) groups is 2. The van der Waals surface area contributed by atoms with Gasteiger partial charge in [-0.2, -0.15) is 0 Å². The van der Waals surface area contributed by atoms with E-state index in [1.54, 1.807) is 30.1 Å². The predicted molar refractivity (Wildman–Crippen MR) is 115 cm³/mol. The molecule has 3 rings (SSSR count). The molecule has 2 aromatic rings. The van der Waals surface area contributed by atoms with Gasteiger partial charge in [-0.05, 0) is 42.8 Å². The molecule has 1 saturated heterocycles. The van der Waals surface area contributed by atoms with Crippen LogP contribution < -0.4 is 20.3 Å². The second kappa shape index (κ2) is 9.05. The summed E-state index contributed by atoms with van der Waals surface area (Å²) in [6.45, 7) is 4.63. The monoisotopic (exact) mass is 416 g/mol. The summed E-state index contributed by atoms with van der Waals surface area (Å²) in [5.74, 6) is 0.271. The molecule has 0 atom stereocenters. The molecule has 154 valence electrons. The summed E-state index contributed by atoms with van der Waals surface area (Å²) in [6, 6.07) is 10.6. The van der Waals surface area contributed by atoms with Gasteiger partial charge in [-0.3, -0.25) is 4.79 Å². The third-order valence-electron chi connectivity index (χ3n) is 5.01. The molecule has 1 fully saturated rings. The number of benzene rings is 2. The van der Waals surface area contributed by atoms with Crippen molar-refractivity contribution in [3.05, 3.63) is 52.5 Å². The minimum Gasteiger partial charge on any atom is -0.495 e. The number of anilines is 2. The van der Waals surface area contributed by atoms with Crippen molar-refractivity contribution >= 4 is 34.9 Å². The molecule has 8 heteroatoms. The first-order chi connectivity index (χ1) is 13.9. The van der Waals surface area contributed by atoms with Gasteiger partial charge in [-0.1, -0.05) is 17.7 Å². The van der Waals surface area contributed by atoms with E-state index in [4.69, 9.17) is 16.3 Å². The maximum absolute atomic E-state index is 12.8. The fourth-order valence-electron chi connectivity index (χ4n) is 3.36. The first kappa shape index (κ1) is 20.8. The van der Waals surface area contributed by atoms with Gasteiger partial charge in [0.1, 0.15) is 5.75 Å². The van der Waals surface area contributed by atoms with E-state index in [1.165, 1.54) is 7.11 Å². The maximum atomic E-state index is 12.8. The Bertz CT molecular complexity index is 911. The molecule has 1 heterocycles. The molecule has 3 amide bonds. The quantitative estimate of drug-likeness (QED) is 0.801. The highest BCUT2D eigenvalue weighted by Gasteiger charge is 2.23. The molecule has 0 aromatic heterocycles. The lowest BCUT2D eigenvalue weighted by Gasteiger charge is -2.36. The maximum Gasteiger partial charge on any atom is 0.322 e. The number of nitrogens with one attached hydrogen (secondary N) is 2. The topological polar surface area (TPSA) is 73.9 Å². The minimum atomic E-state index is -0.228. The molecule has 0 bridgehead atoms. The molecule has 1 aliphatic rings. The summed E-state index contributed by atoms with van der Waals surface area (Å²) in [5.41, 5.74) is 3.16. The fourth-order valence-corrected chi connectivity index (χ4v) is 3.53. The van der Waals surface area contributed by atoms with E-state index in [9.17, 15) is 9.59 Å². The lowest BCUT2D eigenvalue weighted by molar-refractivity contribution is 0.0963. The summed E-state index contributed by atoms with van der Waals surface area (Å²) >= 11 is 6.14. The zero-order chi connectivity index (χ0) is 21.0. The molecule has 0 aliphatic carbocycles. The van der Waals surface area contributed by atoms with E-state index in [2.05, 4.69) is 22.5 Å². The van der Waals surface area contributed by atoms with E-state index in [0.29, 0.717) is 48.2 Å². The molecule has 7 nitrogen and oxygen atoms in total. The number of piperazine rings is 1. The van der Waals surface area contributed by atoms with Crippen LogP contribution in [0.25, 0.3) is 0 Å². The smallest absolute Gasteiger partial charge is 0.322 e. The number of hydrogen-bond acceptors (Lipinski definition) is 4. The van der Waals surface area contributed by atoms with Gasteiger partial charge >= 0.3 is 6.03 Å². The van der Waals surface area contributed by atoms with Crippen LogP contribution in [0.5, 0.6) is 5.75 Å². The molecule has 0 spiro atoms. The van der Waals surface area contributed by atoms with Gasteiger partial charge in [0.2, 0.25) is 0 Å². The Morgan fingerprint density at radius 3 is 2.45 bits per heavy atom. The van der Waals surface area contributed by atoms with Crippen molar-refractivity contribution in [1.82, 2.24) is 10.2 Å². The first-order valence-electron chi connectivity index (χ1n) is 9.40. The first-order valence-corrected chi connectivity index (χ1v) is 9.78. The second-order valence-corrected chi connectivity index (χ2v) is 7.27. The van der Waals surface area contributed by atoms with Gasteiger partial charge in [0.25, 0.3) is 5.91 Å². The fraction of sp³-hybridized carbons (Fsp3) is 0.333. The molecule has 2 N–H and O–H groups in total. The van der Waals surface area contributed by atoms with Crippen LogP contribution in [-0.2, 0) is 0 Å². The standard InChI is InChI=1S/C21H25ClN4O3/c1-14-4-6-16(22)13-18(14)25-8-10-26(11-9-25)21(28)24-17-12-15(20(27)23-2)5-7-19(17)29-3/h4-7,12-13H,8-11H2,1-3H3,(H,23,27)(H,24,28). The van der Waals surface area contributed by atoms with E-state index in [-0.39, 0.29) is 11.9 Å². The van der Waals surface area contributed by atoms with Crippen molar-refractivity contribution < 1.29 is 14.3 Å². The Morgan fingerprint density at radius 1 is 1.07 bits per heavy atom. The van der Waals surface area contributed by atoms with Crippen LogP contribution in [0, 0.1) is 6.92 Å².